The minimum Gasteiger partial charge on any atom is -0.508 e. The zero-order chi connectivity index (χ0) is 18.5. The van der Waals surface area contributed by atoms with Gasteiger partial charge in [0.1, 0.15) is 5.75 Å². The predicted octanol–water partition coefficient (Wildman–Crippen LogP) is 4.30. The molecule has 26 heavy (non-hydrogen) atoms. The molecule has 0 unspecified atom stereocenters. The largest absolute Gasteiger partial charge is 0.508 e. The Morgan fingerprint density at radius 1 is 1.12 bits per heavy atom. The molecule has 3 aromatic rings. The number of amides is 1. The Labute approximate surface area is 155 Å². The highest BCUT2D eigenvalue weighted by molar-refractivity contribution is 7.99. The van der Waals surface area contributed by atoms with Crippen LogP contribution in [0.25, 0.3) is 11.5 Å². The quantitative estimate of drug-likeness (QED) is 0.630. The first-order valence-electron chi connectivity index (χ1n) is 8.17. The Morgan fingerprint density at radius 2 is 1.81 bits per heavy atom. The van der Waals surface area contributed by atoms with Gasteiger partial charge in [0.2, 0.25) is 11.8 Å². The number of benzene rings is 2. The molecular formula is C19H19N3O3S. The Bertz CT molecular complexity index is 874. The smallest absolute Gasteiger partial charge is 0.277 e. The van der Waals surface area contributed by atoms with Gasteiger partial charge in [-0.1, -0.05) is 37.7 Å². The van der Waals surface area contributed by atoms with Crippen molar-refractivity contribution in [3.05, 3.63) is 54.1 Å². The Hall–Kier alpha value is -2.80. The Kier molecular flexibility index (Phi) is 5.58. The molecule has 0 saturated heterocycles. The van der Waals surface area contributed by atoms with Crippen LogP contribution in [0.4, 0.5) is 5.69 Å². The number of aromatic nitrogens is 2. The molecule has 1 heterocycles. The molecule has 0 aliphatic carbocycles. The Morgan fingerprint density at radius 3 is 2.46 bits per heavy atom. The van der Waals surface area contributed by atoms with Crippen molar-refractivity contribution in [3.63, 3.8) is 0 Å². The molecule has 0 atom stereocenters. The van der Waals surface area contributed by atoms with Crippen LogP contribution in [0.1, 0.15) is 25.3 Å². The second kappa shape index (κ2) is 8.05. The molecule has 0 aliphatic rings. The van der Waals surface area contributed by atoms with Gasteiger partial charge in [-0.3, -0.25) is 4.79 Å². The van der Waals surface area contributed by atoms with Crippen LogP contribution in [0.3, 0.4) is 0 Å². The molecule has 0 fully saturated rings. The lowest BCUT2D eigenvalue weighted by Crippen LogP contribution is -2.14. The molecule has 1 aromatic heterocycles. The van der Waals surface area contributed by atoms with E-state index in [0.29, 0.717) is 22.6 Å². The summed E-state index contributed by atoms with van der Waals surface area (Å²) < 4.78 is 5.53. The zero-order valence-corrected chi connectivity index (χ0v) is 15.3. The predicted molar refractivity (Wildman–Crippen MR) is 101 cm³/mol. The maximum absolute atomic E-state index is 12.1. The van der Waals surface area contributed by atoms with Crippen molar-refractivity contribution in [1.82, 2.24) is 10.2 Å². The van der Waals surface area contributed by atoms with Gasteiger partial charge in [0.15, 0.2) is 0 Å². The minimum atomic E-state index is -0.142. The van der Waals surface area contributed by atoms with Gasteiger partial charge < -0.3 is 14.8 Å². The van der Waals surface area contributed by atoms with Gasteiger partial charge in [-0.25, -0.2) is 0 Å². The average Bonchev–Trinajstić information content (AvgIpc) is 3.10. The molecule has 0 radical (unpaired) electrons. The minimum absolute atomic E-state index is 0.142. The number of carbonyl (C=O) groups is 1. The van der Waals surface area contributed by atoms with Crippen molar-refractivity contribution in [2.24, 2.45) is 0 Å². The molecule has 6 nitrogen and oxygen atoms in total. The van der Waals surface area contributed by atoms with E-state index in [2.05, 4.69) is 29.4 Å². The summed E-state index contributed by atoms with van der Waals surface area (Å²) >= 11 is 1.17. The van der Waals surface area contributed by atoms with Crippen molar-refractivity contribution in [3.8, 4) is 17.2 Å². The fraction of sp³-hybridized carbons (Fsp3) is 0.211. The maximum Gasteiger partial charge on any atom is 0.277 e. The number of aromatic hydroxyl groups is 1. The van der Waals surface area contributed by atoms with Crippen molar-refractivity contribution in [1.29, 1.82) is 0 Å². The van der Waals surface area contributed by atoms with Gasteiger partial charge in [-0.15, -0.1) is 10.2 Å². The van der Waals surface area contributed by atoms with Crippen molar-refractivity contribution in [2.75, 3.05) is 11.1 Å². The molecule has 0 saturated carbocycles. The number of nitrogens with one attached hydrogen (secondary N) is 1. The van der Waals surface area contributed by atoms with E-state index in [1.165, 1.54) is 17.3 Å². The fourth-order valence-electron chi connectivity index (χ4n) is 2.26. The molecule has 0 bridgehead atoms. The SMILES string of the molecule is CC(C)c1ccc(NC(=O)CSc2nnc(-c3ccc(O)cc3)o2)cc1. The molecule has 1 amide bonds. The number of nitrogens with zero attached hydrogens (tertiary/aromatic N) is 2. The zero-order valence-electron chi connectivity index (χ0n) is 14.5. The lowest BCUT2D eigenvalue weighted by Gasteiger charge is -2.07. The number of hydrogen-bond acceptors (Lipinski definition) is 6. The third-order valence-electron chi connectivity index (χ3n) is 3.71. The van der Waals surface area contributed by atoms with E-state index in [-0.39, 0.29) is 17.4 Å². The molecule has 2 N–H and O–H groups in total. The first kappa shape index (κ1) is 18.0. The van der Waals surface area contributed by atoms with Crippen LogP contribution in [0, 0.1) is 0 Å². The standard InChI is InChI=1S/C19H19N3O3S/c1-12(2)13-3-7-15(8-4-13)20-17(24)11-26-19-22-21-18(25-19)14-5-9-16(23)10-6-14/h3-10,12,23H,11H2,1-2H3,(H,20,24). The first-order valence-corrected chi connectivity index (χ1v) is 9.15. The third-order valence-corrected chi connectivity index (χ3v) is 4.53. The Balaban J connectivity index is 1.54. The number of carbonyl (C=O) groups excluding carboxylic acids is 1. The molecular weight excluding hydrogens is 350 g/mol. The van der Waals surface area contributed by atoms with E-state index >= 15 is 0 Å². The number of hydrogen-bond donors (Lipinski definition) is 2. The first-order chi connectivity index (χ1) is 12.5. The molecule has 7 heteroatoms. The van der Waals surface area contributed by atoms with Crippen LogP contribution < -0.4 is 5.32 Å². The molecule has 2 aromatic carbocycles. The summed E-state index contributed by atoms with van der Waals surface area (Å²) in [6, 6.07) is 14.3. The lowest BCUT2D eigenvalue weighted by molar-refractivity contribution is -0.113. The lowest BCUT2D eigenvalue weighted by atomic mass is 10.0. The van der Waals surface area contributed by atoms with E-state index in [4.69, 9.17) is 4.42 Å². The third kappa shape index (κ3) is 4.64. The van der Waals surface area contributed by atoms with E-state index in [0.717, 1.165) is 5.69 Å². The summed E-state index contributed by atoms with van der Waals surface area (Å²) in [6.07, 6.45) is 0. The van der Waals surface area contributed by atoms with Crippen LogP contribution >= 0.6 is 11.8 Å². The van der Waals surface area contributed by atoms with E-state index in [1.807, 2.05) is 24.3 Å². The maximum atomic E-state index is 12.1. The number of thioether (sulfide) groups is 1. The van der Waals surface area contributed by atoms with Crippen molar-refractivity contribution >= 4 is 23.4 Å². The summed E-state index contributed by atoms with van der Waals surface area (Å²) in [5.41, 5.74) is 2.69. The summed E-state index contributed by atoms with van der Waals surface area (Å²) in [7, 11) is 0. The number of phenolic OH excluding ortho intramolecular Hbond substituents is 1. The van der Waals surface area contributed by atoms with Crippen molar-refractivity contribution in [2.45, 2.75) is 25.0 Å². The van der Waals surface area contributed by atoms with Gasteiger partial charge >= 0.3 is 0 Å². The monoisotopic (exact) mass is 369 g/mol. The number of anilines is 1. The number of phenols is 1. The average molecular weight is 369 g/mol. The summed E-state index contributed by atoms with van der Waals surface area (Å²) in [5.74, 6) is 0.994. The van der Waals surface area contributed by atoms with Gasteiger partial charge in [0.05, 0.1) is 5.75 Å². The normalized spacial score (nSPS) is 10.9. The van der Waals surface area contributed by atoms with Crippen molar-refractivity contribution < 1.29 is 14.3 Å². The fourth-order valence-corrected chi connectivity index (χ4v) is 2.83. The van der Waals surface area contributed by atoms with Crippen LogP contribution in [0.2, 0.25) is 0 Å². The van der Waals surface area contributed by atoms with Gasteiger partial charge in [0.25, 0.3) is 5.22 Å². The van der Waals surface area contributed by atoms with Crippen LogP contribution in [0.15, 0.2) is 58.2 Å². The van der Waals surface area contributed by atoms with Gasteiger partial charge in [0, 0.05) is 11.3 Å². The summed E-state index contributed by atoms with van der Waals surface area (Å²) in [4.78, 5) is 12.1. The molecule has 3 rings (SSSR count). The molecule has 134 valence electrons. The highest BCUT2D eigenvalue weighted by Gasteiger charge is 2.11. The van der Waals surface area contributed by atoms with E-state index in [9.17, 15) is 9.90 Å². The second-order valence-electron chi connectivity index (χ2n) is 6.03. The highest BCUT2D eigenvalue weighted by Crippen LogP contribution is 2.24. The molecule has 0 aliphatic heterocycles. The van der Waals surface area contributed by atoms with E-state index in [1.54, 1.807) is 24.3 Å². The summed E-state index contributed by atoms with van der Waals surface area (Å²) in [5, 5.41) is 20.3. The van der Waals surface area contributed by atoms with Crippen LogP contribution in [0.5, 0.6) is 5.75 Å². The number of rotatable bonds is 6. The van der Waals surface area contributed by atoms with E-state index < -0.39 is 0 Å². The topological polar surface area (TPSA) is 88.2 Å². The van der Waals surface area contributed by atoms with Crippen LogP contribution in [-0.4, -0.2) is 27.0 Å². The van der Waals surface area contributed by atoms with Crippen LogP contribution in [-0.2, 0) is 4.79 Å². The molecule has 0 spiro atoms. The highest BCUT2D eigenvalue weighted by atomic mass is 32.2. The van der Waals surface area contributed by atoms with Gasteiger partial charge in [-0.05, 0) is 47.9 Å². The van der Waals surface area contributed by atoms with Gasteiger partial charge in [-0.2, -0.15) is 0 Å². The second-order valence-corrected chi connectivity index (χ2v) is 6.96. The summed E-state index contributed by atoms with van der Waals surface area (Å²) in [6.45, 7) is 4.25.